The van der Waals surface area contributed by atoms with Crippen molar-refractivity contribution in [3.63, 3.8) is 0 Å². The molecule has 4 aromatic rings. The minimum absolute atomic E-state index is 0.00733. The highest BCUT2D eigenvalue weighted by molar-refractivity contribution is 6.33. The topological polar surface area (TPSA) is 59.8 Å². The second-order valence-electron chi connectivity index (χ2n) is 9.47. The second kappa shape index (κ2) is 8.88. The molecule has 1 N–H and O–H groups in total. The fraction of sp³-hybridized carbons (Fsp3) is 0.321. The summed E-state index contributed by atoms with van der Waals surface area (Å²) in [6.07, 6.45) is 2.03. The molecule has 0 fully saturated rings. The fourth-order valence-corrected chi connectivity index (χ4v) is 5.31. The summed E-state index contributed by atoms with van der Waals surface area (Å²) in [6.45, 7) is 6.26. The van der Waals surface area contributed by atoms with E-state index in [2.05, 4.69) is 24.4 Å². The molecule has 5 rings (SSSR count). The molecule has 0 saturated carbocycles. The Bertz CT molecular complexity index is 1390. The van der Waals surface area contributed by atoms with E-state index in [0.29, 0.717) is 16.6 Å². The monoisotopic (exact) mass is 472 g/mol. The van der Waals surface area contributed by atoms with Crippen molar-refractivity contribution < 1.29 is 4.79 Å². The van der Waals surface area contributed by atoms with Crippen LogP contribution in [-0.2, 0) is 11.8 Å². The molecule has 5 nitrogen and oxygen atoms in total. The first-order chi connectivity index (χ1) is 16.3. The SMILES string of the molecule is Cc1ccc2c(n1)[C@H]([C@@H](C)C(=O)Nc1ccc(Cl)c(-c3nc4ccccc4n3C)c1)CC[C@H]2C. The number of carbonyl (C=O) groups is 1. The molecule has 0 saturated heterocycles. The van der Waals surface area contributed by atoms with Gasteiger partial charge in [-0.1, -0.05) is 43.6 Å². The van der Waals surface area contributed by atoms with Crippen LogP contribution in [0, 0.1) is 12.8 Å². The number of hydrogen-bond acceptors (Lipinski definition) is 3. The van der Waals surface area contributed by atoms with Gasteiger partial charge in [0.2, 0.25) is 5.91 Å². The maximum atomic E-state index is 13.3. The van der Waals surface area contributed by atoms with Gasteiger partial charge in [-0.15, -0.1) is 0 Å². The lowest BCUT2D eigenvalue weighted by molar-refractivity contribution is -0.120. The van der Waals surface area contributed by atoms with Crippen LogP contribution in [0.25, 0.3) is 22.4 Å². The number of imidazole rings is 1. The van der Waals surface area contributed by atoms with Gasteiger partial charge in [-0.3, -0.25) is 9.78 Å². The molecule has 2 aromatic carbocycles. The van der Waals surface area contributed by atoms with Crippen LogP contribution in [0.2, 0.25) is 5.02 Å². The minimum Gasteiger partial charge on any atom is -0.327 e. The molecule has 0 bridgehead atoms. The predicted octanol–water partition coefficient (Wildman–Crippen LogP) is 6.85. The highest BCUT2D eigenvalue weighted by Crippen LogP contribution is 2.42. The number of nitrogens with zero attached hydrogens (tertiary/aromatic N) is 3. The molecule has 2 aromatic heterocycles. The third-order valence-electron chi connectivity index (χ3n) is 7.17. The minimum atomic E-state index is -0.199. The zero-order valence-corrected chi connectivity index (χ0v) is 20.7. The Morgan fingerprint density at radius 3 is 2.71 bits per heavy atom. The van der Waals surface area contributed by atoms with E-state index >= 15 is 0 Å². The van der Waals surface area contributed by atoms with Crippen molar-refractivity contribution in [1.29, 1.82) is 0 Å². The number of aryl methyl sites for hydroxylation is 2. The number of anilines is 1. The average molecular weight is 473 g/mol. The molecular weight excluding hydrogens is 444 g/mol. The van der Waals surface area contributed by atoms with E-state index in [0.717, 1.165) is 46.7 Å². The largest absolute Gasteiger partial charge is 0.327 e. The molecule has 6 heteroatoms. The Morgan fingerprint density at radius 2 is 1.91 bits per heavy atom. The van der Waals surface area contributed by atoms with E-state index in [1.54, 1.807) is 0 Å². The Morgan fingerprint density at radius 1 is 1.12 bits per heavy atom. The van der Waals surface area contributed by atoms with Gasteiger partial charge in [-0.05, 0) is 67.6 Å². The van der Waals surface area contributed by atoms with Gasteiger partial charge in [0.25, 0.3) is 0 Å². The van der Waals surface area contributed by atoms with Gasteiger partial charge < -0.3 is 9.88 Å². The zero-order valence-electron chi connectivity index (χ0n) is 20.0. The summed E-state index contributed by atoms with van der Waals surface area (Å²) in [5, 5.41) is 3.72. The van der Waals surface area contributed by atoms with Gasteiger partial charge in [0, 0.05) is 41.5 Å². The van der Waals surface area contributed by atoms with Gasteiger partial charge in [0.1, 0.15) is 5.82 Å². The van der Waals surface area contributed by atoms with Crippen molar-refractivity contribution >= 4 is 34.2 Å². The fourth-order valence-electron chi connectivity index (χ4n) is 5.11. The number of pyridine rings is 1. The van der Waals surface area contributed by atoms with E-state index in [9.17, 15) is 4.79 Å². The van der Waals surface area contributed by atoms with Crippen molar-refractivity contribution in [3.05, 3.63) is 76.6 Å². The van der Waals surface area contributed by atoms with Gasteiger partial charge >= 0.3 is 0 Å². The number of amides is 1. The summed E-state index contributed by atoms with van der Waals surface area (Å²) in [7, 11) is 1.98. The molecule has 2 heterocycles. The van der Waals surface area contributed by atoms with Gasteiger partial charge in [0.05, 0.1) is 16.1 Å². The number of rotatable bonds is 4. The number of para-hydroxylation sites is 2. The van der Waals surface area contributed by atoms with Crippen LogP contribution in [0.1, 0.15) is 55.5 Å². The third-order valence-corrected chi connectivity index (χ3v) is 7.50. The zero-order chi connectivity index (χ0) is 24.0. The van der Waals surface area contributed by atoms with Crippen LogP contribution in [0.15, 0.2) is 54.6 Å². The van der Waals surface area contributed by atoms with Crippen molar-refractivity contribution in [3.8, 4) is 11.4 Å². The molecule has 0 radical (unpaired) electrons. The lowest BCUT2D eigenvalue weighted by Crippen LogP contribution is -2.29. The molecule has 174 valence electrons. The summed E-state index contributed by atoms with van der Waals surface area (Å²) in [5.74, 6) is 1.15. The summed E-state index contributed by atoms with van der Waals surface area (Å²) in [6, 6.07) is 17.8. The summed E-state index contributed by atoms with van der Waals surface area (Å²) < 4.78 is 2.03. The standard InChI is InChI=1S/C28H29ClN4O/c1-16-9-12-21(26-20(16)13-10-17(2)30-26)18(3)28(34)31-19-11-14-23(29)22(15-19)27-32-24-7-5-6-8-25(24)33(27)4/h5-8,10-11,13-16,18,21H,9,12H2,1-4H3,(H,31,34)/t16-,18-,21+/m1/s1. The van der Waals surface area contributed by atoms with Crippen molar-refractivity contribution in [2.45, 2.75) is 45.4 Å². The predicted molar refractivity (Wildman–Crippen MR) is 138 cm³/mol. The normalized spacial score (nSPS) is 18.5. The smallest absolute Gasteiger partial charge is 0.227 e. The highest BCUT2D eigenvalue weighted by atomic mass is 35.5. The molecule has 0 aliphatic heterocycles. The number of carbonyl (C=O) groups excluding carboxylic acids is 1. The van der Waals surface area contributed by atoms with Gasteiger partial charge in [-0.25, -0.2) is 4.98 Å². The van der Waals surface area contributed by atoms with Crippen LogP contribution in [-0.4, -0.2) is 20.4 Å². The Hall–Kier alpha value is -3.18. The second-order valence-corrected chi connectivity index (χ2v) is 9.87. The van der Waals surface area contributed by atoms with Crippen molar-refractivity contribution in [1.82, 2.24) is 14.5 Å². The first-order valence-electron chi connectivity index (χ1n) is 11.8. The van der Waals surface area contributed by atoms with Crippen molar-refractivity contribution in [2.24, 2.45) is 13.0 Å². The summed E-state index contributed by atoms with van der Waals surface area (Å²) >= 11 is 6.56. The summed E-state index contributed by atoms with van der Waals surface area (Å²) in [5.41, 5.74) is 6.80. The third kappa shape index (κ3) is 3.98. The molecule has 0 spiro atoms. The van der Waals surface area contributed by atoms with E-state index in [-0.39, 0.29) is 17.7 Å². The Kier molecular flexibility index (Phi) is 5.90. The van der Waals surface area contributed by atoms with Crippen LogP contribution in [0.3, 0.4) is 0 Å². The van der Waals surface area contributed by atoms with Crippen molar-refractivity contribution in [2.75, 3.05) is 5.32 Å². The number of nitrogens with one attached hydrogen (secondary N) is 1. The quantitative estimate of drug-likeness (QED) is 0.353. The van der Waals surface area contributed by atoms with Gasteiger partial charge in [0.15, 0.2) is 0 Å². The van der Waals surface area contributed by atoms with E-state index in [1.165, 1.54) is 5.56 Å². The molecule has 1 aliphatic carbocycles. The lowest BCUT2D eigenvalue weighted by atomic mass is 9.75. The van der Waals surface area contributed by atoms with Gasteiger partial charge in [-0.2, -0.15) is 0 Å². The molecule has 34 heavy (non-hydrogen) atoms. The first-order valence-corrected chi connectivity index (χ1v) is 12.2. The Balaban J connectivity index is 1.42. The molecule has 0 unspecified atom stereocenters. The van der Waals surface area contributed by atoms with Crippen LogP contribution in [0.5, 0.6) is 0 Å². The van der Waals surface area contributed by atoms with Crippen LogP contribution >= 0.6 is 11.6 Å². The van der Waals surface area contributed by atoms with Crippen LogP contribution in [0.4, 0.5) is 5.69 Å². The molecular formula is C28H29ClN4O. The molecule has 1 amide bonds. The number of aromatic nitrogens is 3. The van der Waals surface area contributed by atoms with E-state index in [1.807, 2.05) is 67.9 Å². The average Bonchev–Trinajstić information content (AvgIpc) is 3.16. The highest BCUT2D eigenvalue weighted by Gasteiger charge is 2.33. The lowest BCUT2D eigenvalue weighted by Gasteiger charge is -2.32. The first kappa shape index (κ1) is 22.6. The Labute approximate surface area is 205 Å². The van der Waals surface area contributed by atoms with Crippen LogP contribution < -0.4 is 5.32 Å². The number of fused-ring (bicyclic) bond motifs is 2. The van der Waals surface area contributed by atoms with E-state index < -0.39 is 0 Å². The number of halogens is 1. The molecule has 3 atom stereocenters. The van der Waals surface area contributed by atoms with E-state index in [4.69, 9.17) is 21.6 Å². The maximum Gasteiger partial charge on any atom is 0.227 e. The maximum absolute atomic E-state index is 13.3. The molecule has 1 aliphatic rings. The number of benzene rings is 2. The number of hydrogen-bond donors (Lipinski definition) is 1. The summed E-state index contributed by atoms with van der Waals surface area (Å²) in [4.78, 5) is 22.9.